The Morgan fingerprint density at radius 2 is 2.14 bits per heavy atom. The van der Waals surface area contributed by atoms with E-state index in [-0.39, 0.29) is 12.1 Å². The van der Waals surface area contributed by atoms with Crippen LogP contribution < -0.4 is 15.1 Å². The van der Waals surface area contributed by atoms with Crippen LogP contribution >= 0.6 is 0 Å². The molecule has 0 radical (unpaired) electrons. The second-order valence-corrected chi connectivity index (χ2v) is 7.38. The van der Waals surface area contributed by atoms with E-state index in [4.69, 9.17) is 4.98 Å². The number of fused-ring (bicyclic) bond motifs is 4. The Labute approximate surface area is 168 Å². The normalized spacial score (nSPS) is 17.6. The Morgan fingerprint density at radius 3 is 2.97 bits per heavy atom. The van der Waals surface area contributed by atoms with Crippen molar-refractivity contribution >= 4 is 23.4 Å². The molecule has 2 aliphatic rings. The summed E-state index contributed by atoms with van der Waals surface area (Å²) in [5.41, 5.74) is 3.73. The number of carbonyl (C=O) groups is 1. The summed E-state index contributed by atoms with van der Waals surface area (Å²) in [5, 5.41) is 10.7. The molecule has 146 valence electrons. The molecule has 2 bridgehead atoms. The minimum absolute atomic E-state index is 0.0786. The molecule has 0 unspecified atom stereocenters. The van der Waals surface area contributed by atoms with Gasteiger partial charge in [0.2, 0.25) is 0 Å². The third-order valence-electron chi connectivity index (χ3n) is 5.40. The van der Waals surface area contributed by atoms with Gasteiger partial charge in [0.1, 0.15) is 0 Å². The molecule has 0 saturated carbocycles. The van der Waals surface area contributed by atoms with E-state index in [0.29, 0.717) is 11.6 Å². The Morgan fingerprint density at radius 1 is 1.21 bits per heavy atom. The van der Waals surface area contributed by atoms with Gasteiger partial charge in [-0.25, -0.2) is 9.78 Å². The van der Waals surface area contributed by atoms with Gasteiger partial charge >= 0.3 is 6.03 Å². The zero-order valence-corrected chi connectivity index (χ0v) is 16.1. The molecule has 3 aromatic heterocycles. The highest BCUT2D eigenvalue weighted by molar-refractivity contribution is 6.04. The summed E-state index contributed by atoms with van der Waals surface area (Å²) in [5.74, 6) is 1.12. The van der Waals surface area contributed by atoms with Crippen LogP contribution in [0.1, 0.15) is 18.5 Å². The summed E-state index contributed by atoms with van der Waals surface area (Å²) in [7, 11) is 0. The first kappa shape index (κ1) is 17.5. The molecule has 1 fully saturated rings. The van der Waals surface area contributed by atoms with Crippen molar-refractivity contribution in [2.24, 2.45) is 0 Å². The van der Waals surface area contributed by atoms with Crippen LogP contribution in [0.5, 0.6) is 0 Å². The van der Waals surface area contributed by atoms with Gasteiger partial charge in [-0.3, -0.25) is 15.2 Å². The Hall–Kier alpha value is -3.55. The quantitative estimate of drug-likeness (QED) is 0.726. The van der Waals surface area contributed by atoms with Crippen LogP contribution in [0.4, 0.5) is 22.1 Å². The predicted octanol–water partition coefficient (Wildman–Crippen LogP) is 3.26. The fourth-order valence-electron chi connectivity index (χ4n) is 4.09. The third-order valence-corrected chi connectivity index (χ3v) is 5.40. The summed E-state index contributed by atoms with van der Waals surface area (Å²) >= 11 is 0. The average Bonchev–Trinajstić information content (AvgIpc) is 2.74. The van der Waals surface area contributed by atoms with E-state index in [9.17, 15) is 4.79 Å². The SMILES string of the molecule is Cc1cc(-c2ccc3c(n2)N(C(=O)Nc2cccnn2)[C@H]2CCCN3C2)ccn1. The number of aromatic nitrogens is 4. The Balaban J connectivity index is 1.56. The van der Waals surface area contributed by atoms with Crippen molar-refractivity contribution in [3.8, 4) is 11.3 Å². The van der Waals surface area contributed by atoms with Crippen LogP contribution in [-0.4, -0.2) is 45.3 Å². The van der Waals surface area contributed by atoms with Gasteiger partial charge in [0.25, 0.3) is 0 Å². The minimum Gasteiger partial charge on any atom is -0.366 e. The largest absolute Gasteiger partial charge is 0.366 e. The van der Waals surface area contributed by atoms with Crippen molar-refractivity contribution < 1.29 is 4.79 Å². The maximum Gasteiger partial charge on any atom is 0.329 e. The number of amides is 2. The predicted molar refractivity (Wildman–Crippen MR) is 111 cm³/mol. The van der Waals surface area contributed by atoms with Crippen LogP contribution in [0.15, 0.2) is 48.8 Å². The van der Waals surface area contributed by atoms with Crippen LogP contribution in [0.25, 0.3) is 11.3 Å². The van der Waals surface area contributed by atoms with Gasteiger partial charge in [-0.2, -0.15) is 5.10 Å². The first-order valence-electron chi connectivity index (χ1n) is 9.76. The molecule has 2 amide bonds. The van der Waals surface area contributed by atoms with Crippen molar-refractivity contribution in [2.45, 2.75) is 25.8 Å². The highest BCUT2D eigenvalue weighted by Crippen LogP contribution is 2.39. The Bertz CT molecular complexity index is 1060. The standard InChI is InChI=1S/C21H21N7O/c1-14-12-15(8-10-22-14)17-6-7-18-20(24-17)28(16-4-3-11-27(18)13-16)21(29)25-19-5-2-9-23-26-19/h2,5-10,12,16H,3-4,11,13H2,1H3,(H,25,26,29)/t16-/m0/s1. The molecule has 8 nitrogen and oxygen atoms in total. The number of anilines is 3. The van der Waals surface area contributed by atoms with Gasteiger partial charge in [-0.15, -0.1) is 5.10 Å². The molecule has 1 saturated heterocycles. The van der Waals surface area contributed by atoms with E-state index in [1.807, 2.05) is 25.1 Å². The van der Waals surface area contributed by atoms with Gasteiger partial charge in [-0.1, -0.05) is 0 Å². The van der Waals surface area contributed by atoms with E-state index in [2.05, 4.69) is 31.5 Å². The number of pyridine rings is 2. The third kappa shape index (κ3) is 3.26. The fraction of sp³-hybridized carbons (Fsp3) is 0.286. The van der Waals surface area contributed by atoms with E-state index >= 15 is 0 Å². The van der Waals surface area contributed by atoms with Gasteiger partial charge < -0.3 is 4.90 Å². The number of carbonyl (C=O) groups excluding carboxylic acids is 1. The lowest BCUT2D eigenvalue weighted by Gasteiger charge is -2.45. The molecular formula is C21H21N7O. The van der Waals surface area contributed by atoms with Gasteiger partial charge in [0.05, 0.1) is 17.4 Å². The van der Waals surface area contributed by atoms with Crippen LogP contribution in [0, 0.1) is 6.92 Å². The molecule has 5 rings (SSSR count). The summed E-state index contributed by atoms with van der Waals surface area (Å²) < 4.78 is 0. The van der Waals surface area contributed by atoms with E-state index < -0.39 is 0 Å². The fourth-order valence-corrected chi connectivity index (χ4v) is 4.09. The highest BCUT2D eigenvalue weighted by atomic mass is 16.2. The van der Waals surface area contributed by atoms with Gasteiger partial charge in [0, 0.05) is 36.7 Å². The molecule has 29 heavy (non-hydrogen) atoms. The molecule has 1 N–H and O–H groups in total. The summed E-state index contributed by atoms with van der Waals surface area (Å²) in [6, 6.07) is 11.4. The van der Waals surface area contributed by atoms with Crippen molar-refractivity contribution in [1.82, 2.24) is 20.2 Å². The lowest BCUT2D eigenvalue weighted by molar-refractivity contribution is 0.252. The topological polar surface area (TPSA) is 87.1 Å². The maximum atomic E-state index is 13.2. The smallest absolute Gasteiger partial charge is 0.329 e. The van der Waals surface area contributed by atoms with Gasteiger partial charge in [0.15, 0.2) is 11.6 Å². The van der Waals surface area contributed by atoms with E-state index in [1.165, 1.54) is 0 Å². The number of aryl methyl sites for hydroxylation is 1. The lowest BCUT2D eigenvalue weighted by Crippen LogP contribution is -2.56. The van der Waals surface area contributed by atoms with Crippen LogP contribution in [0.2, 0.25) is 0 Å². The number of urea groups is 1. The monoisotopic (exact) mass is 387 g/mol. The van der Waals surface area contributed by atoms with Crippen LogP contribution in [0.3, 0.4) is 0 Å². The summed E-state index contributed by atoms with van der Waals surface area (Å²) in [4.78, 5) is 26.5. The molecule has 0 aliphatic carbocycles. The summed E-state index contributed by atoms with van der Waals surface area (Å²) in [6.45, 7) is 3.76. The number of hydrogen-bond acceptors (Lipinski definition) is 6. The lowest BCUT2D eigenvalue weighted by atomic mass is 9.99. The highest BCUT2D eigenvalue weighted by Gasteiger charge is 2.38. The Kier molecular flexibility index (Phi) is 4.31. The first-order chi connectivity index (χ1) is 14.2. The number of hydrogen-bond donors (Lipinski definition) is 1. The minimum atomic E-state index is -0.228. The molecule has 8 heteroatoms. The number of nitrogens with zero attached hydrogens (tertiary/aromatic N) is 6. The second-order valence-electron chi connectivity index (χ2n) is 7.38. The van der Waals surface area contributed by atoms with Gasteiger partial charge in [-0.05, 0) is 56.2 Å². The second kappa shape index (κ2) is 7.12. The zero-order chi connectivity index (χ0) is 19.8. The summed E-state index contributed by atoms with van der Waals surface area (Å²) in [6.07, 6.45) is 5.35. The number of nitrogens with one attached hydrogen (secondary N) is 1. The van der Waals surface area contributed by atoms with Crippen molar-refractivity contribution in [1.29, 1.82) is 0 Å². The maximum absolute atomic E-state index is 13.2. The molecule has 0 aromatic carbocycles. The molecule has 5 heterocycles. The van der Waals surface area contributed by atoms with E-state index in [0.717, 1.165) is 48.6 Å². The zero-order valence-electron chi connectivity index (χ0n) is 16.1. The molecule has 2 aliphatic heterocycles. The van der Waals surface area contributed by atoms with Crippen LogP contribution in [-0.2, 0) is 0 Å². The molecule has 1 atom stereocenters. The molecule has 0 spiro atoms. The molecule has 3 aromatic rings. The molecular weight excluding hydrogens is 366 g/mol. The van der Waals surface area contributed by atoms with E-state index in [1.54, 1.807) is 29.4 Å². The average molecular weight is 387 g/mol. The van der Waals surface area contributed by atoms with Crippen molar-refractivity contribution in [3.05, 3.63) is 54.5 Å². The first-order valence-corrected chi connectivity index (χ1v) is 9.76. The number of rotatable bonds is 2. The van der Waals surface area contributed by atoms with Crippen molar-refractivity contribution in [3.63, 3.8) is 0 Å². The number of piperidine rings is 1. The van der Waals surface area contributed by atoms with Crippen molar-refractivity contribution in [2.75, 3.05) is 28.2 Å².